The lowest BCUT2D eigenvalue weighted by Gasteiger charge is -2.25. The maximum absolute atomic E-state index is 12.1. The SMILES string of the molecule is C=CCN(CCO)C(=O)C1CCCC1C. The highest BCUT2D eigenvalue weighted by Gasteiger charge is 2.32. The third-order valence-electron chi connectivity index (χ3n) is 3.21. The molecule has 0 aromatic heterocycles. The van der Waals surface area contributed by atoms with Crippen molar-refractivity contribution in [1.82, 2.24) is 4.90 Å². The van der Waals surface area contributed by atoms with Gasteiger partial charge in [0.1, 0.15) is 0 Å². The molecular formula is C12H21NO2. The van der Waals surface area contributed by atoms with Crippen LogP contribution in [0.2, 0.25) is 0 Å². The van der Waals surface area contributed by atoms with E-state index < -0.39 is 0 Å². The second-order valence-corrected chi connectivity index (χ2v) is 4.31. The van der Waals surface area contributed by atoms with Crippen LogP contribution in [0.15, 0.2) is 12.7 Å². The number of aliphatic hydroxyl groups is 1. The molecule has 0 heterocycles. The summed E-state index contributed by atoms with van der Waals surface area (Å²) in [5.74, 6) is 0.842. The molecule has 1 saturated carbocycles. The first-order chi connectivity index (χ1) is 7.20. The Bertz CT molecular complexity index is 228. The third-order valence-corrected chi connectivity index (χ3v) is 3.21. The van der Waals surface area contributed by atoms with Crippen LogP contribution in [-0.4, -0.2) is 35.6 Å². The monoisotopic (exact) mass is 211 g/mol. The Morgan fingerprint density at radius 2 is 2.33 bits per heavy atom. The van der Waals surface area contributed by atoms with Crippen LogP contribution in [-0.2, 0) is 4.79 Å². The smallest absolute Gasteiger partial charge is 0.226 e. The fourth-order valence-corrected chi connectivity index (χ4v) is 2.31. The Labute approximate surface area is 91.8 Å². The van der Waals surface area contributed by atoms with E-state index in [0.29, 0.717) is 19.0 Å². The first-order valence-corrected chi connectivity index (χ1v) is 5.71. The number of carbonyl (C=O) groups is 1. The molecule has 3 heteroatoms. The lowest BCUT2D eigenvalue weighted by molar-refractivity contribution is -0.136. The first-order valence-electron chi connectivity index (χ1n) is 5.71. The zero-order chi connectivity index (χ0) is 11.3. The molecule has 2 unspecified atom stereocenters. The predicted octanol–water partition coefficient (Wildman–Crippen LogP) is 1.43. The lowest BCUT2D eigenvalue weighted by atomic mass is 9.96. The lowest BCUT2D eigenvalue weighted by Crippen LogP contribution is -2.39. The average Bonchev–Trinajstić information content (AvgIpc) is 2.63. The van der Waals surface area contributed by atoms with E-state index in [9.17, 15) is 4.79 Å². The average molecular weight is 211 g/mol. The molecule has 1 N–H and O–H groups in total. The summed E-state index contributed by atoms with van der Waals surface area (Å²) in [7, 11) is 0. The molecule has 1 fully saturated rings. The Morgan fingerprint density at radius 3 is 2.80 bits per heavy atom. The summed E-state index contributed by atoms with van der Waals surface area (Å²) >= 11 is 0. The Kier molecular flexibility index (Phi) is 4.82. The molecule has 0 aliphatic heterocycles. The molecule has 0 aromatic rings. The number of amides is 1. The quantitative estimate of drug-likeness (QED) is 0.699. The van der Waals surface area contributed by atoms with Crippen molar-refractivity contribution in [1.29, 1.82) is 0 Å². The Balaban J connectivity index is 2.57. The van der Waals surface area contributed by atoms with Crippen LogP contribution in [0.4, 0.5) is 0 Å². The second-order valence-electron chi connectivity index (χ2n) is 4.31. The summed E-state index contributed by atoms with van der Waals surface area (Å²) in [4.78, 5) is 13.8. The van der Waals surface area contributed by atoms with Gasteiger partial charge in [0.25, 0.3) is 0 Å². The summed E-state index contributed by atoms with van der Waals surface area (Å²) < 4.78 is 0. The molecule has 0 spiro atoms. The maximum Gasteiger partial charge on any atom is 0.226 e. The van der Waals surface area contributed by atoms with E-state index in [2.05, 4.69) is 13.5 Å². The van der Waals surface area contributed by atoms with Gasteiger partial charge in [-0.05, 0) is 18.8 Å². The standard InChI is InChI=1S/C12H21NO2/c1-3-7-13(8-9-14)12(15)11-6-4-5-10(11)2/h3,10-11,14H,1,4-9H2,2H3. The van der Waals surface area contributed by atoms with Gasteiger partial charge < -0.3 is 10.0 Å². The van der Waals surface area contributed by atoms with E-state index in [4.69, 9.17) is 5.11 Å². The van der Waals surface area contributed by atoms with E-state index in [1.165, 1.54) is 0 Å². The normalized spacial score (nSPS) is 25.2. The van der Waals surface area contributed by atoms with Crippen molar-refractivity contribution in [2.75, 3.05) is 19.7 Å². The number of hydrogen-bond acceptors (Lipinski definition) is 2. The van der Waals surface area contributed by atoms with Crippen LogP contribution < -0.4 is 0 Å². The van der Waals surface area contributed by atoms with Gasteiger partial charge in [0, 0.05) is 19.0 Å². The fourth-order valence-electron chi connectivity index (χ4n) is 2.31. The van der Waals surface area contributed by atoms with Crippen molar-refractivity contribution in [3.8, 4) is 0 Å². The third kappa shape index (κ3) is 3.06. The molecule has 3 nitrogen and oxygen atoms in total. The predicted molar refractivity (Wildman–Crippen MR) is 60.4 cm³/mol. The number of rotatable bonds is 5. The topological polar surface area (TPSA) is 40.5 Å². The second kappa shape index (κ2) is 5.91. The highest BCUT2D eigenvalue weighted by Crippen LogP contribution is 2.32. The summed E-state index contributed by atoms with van der Waals surface area (Å²) in [6.45, 7) is 6.77. The molecule has 0 radical (unpaired) electrons. The highest BCUT2D eigenvalue weighted by molar-refractivity contribution is 5.79. The van der Waals surface area contributed by atoms with Crippen molar-refractivity contribution in [2.24, 2.45) is 11.8 Å². The minimum absolute atomic E-state index is 0.0285. The van der Waals surface area contributed by atoms with Gasteiger partial charge in [-0.2, -0.15) is 0 Å². The summed E-state index contributed by atoms with van der Waals surface area (Å²) in [5, 5.41) is 8.89. The van der Waals surface area contributed by atoms with Crippen molar-refractivity contribution in [2.45, 2.75) is 26.2 Å². The van der Waals surface area contributed by atoms with E-state index in [0.717, 1.165) is 19.3 Å². The van der Waals surface area contributed by atoms with Crippen LogP contribution in [0.25, 0.3) is 0 Å². The summed E-state index contributed by atoms with van der Waals surface area (Å²) in [5.41, 5.74) is 0. The van der Waals surface area contributed by atoms with E-state index in [-0.39, 0.29) is 18.4 Å². The molecule has 1 rings (SSSR count). The number of nitrogens with zero attached hydrogens (tertiary/aromatic N) is 1. The molecule has 1 aliphatic rings. The van der Waals surface area contributed by atoms with Crippen molar-refractivity contribution in [3.63, 3.8) is 0 Å². The van der Waals surface area contributed by atoms with E-state index in [1.54, 1.807) is 11.0 Å². The molecule has 0 bridgehead atoms. The van der Waals surface area contributed by atoms with Crippen LogP contribution in [0.3, 0.4) is 0 Å². The fraction of sp³-hybridized carbons (Fsp3) is 0.750. The van der Waals surface area contributed by atoms with Gasteiger partial charge in [-0.15, -0.1) is 6.58 Å². The van der Waals surface area contributed by atoms with Crippen LogP contribution in [0, 0.1) is 11.8 Å². The molecule has 86 valence electrons. The zero-order valence-corrected chi connectivity index (χ0v) is 9.48. The number of aliphatic hydroxyl groups excluding tert-OH is 1. The van der Waals surface area contributed by atoms with Crippen LogP contribution in [0.5, 0.6) is 0 Å². The van der Waals surface area contributed by atoms with E-state index >= 15 is 0 Å². The first kappa shape index (κ1) is 12.2. The largest absolute Gasteiger partial charge is 0.395 e. The van der Waals surface area contributed by atoms with Gasteiger partial charge in [-0.1, -0.05) is 19.4 Å². The number of carbonyl (C=O) groups excluding carboxylic acids is 1. The van der Waals surface area contributed by atoms with Gasteiger partial charge >= 0.3 is 0 Å². The minimum Gasteiger partial charge on any atom is -0.395 e. The minimum atomic E-state index is 0.0285. The molecule has 0 aromatic carbocycles. The van der Waals surface area contributed by atoms with Gasteiger partial charge in [0.05, 0.1) is 6.61 Å². The van der Waals surface area contributed by atoms with Gasteiger partial charge in [-0.25, -0.2) is 0 Å². The summed E-state index contributed by atoms with van der Waals surface area (Å²) in [6.07, 6.45) is 5.02. The van der Waals surface area contributed by atoms with Gasteiger partial charge in [-0.3, -0.25) is 4.79 Å². The maximum atomic E-state index is 12.1. The highest BCUT2D eigenvalue weighted by atomic mass is 16.3. The molecule has 1 amide bonds. The van der Waals surface area contributed by atoms with E-state index in [1.807, 2.05) is 0 Å². The van der Waals surface area contributed by atoms with Crippen molar-refractivity contribution in [3.05, 3.63) is 12.7 Å². The van der Waals surface area contributed by atoms with Crippen LogP contribution in [0.1, 0.15) is 26.2 Å². The summed E-state index contributed by atoms with van der Waals surface area (Å²) in [6, 6.07) is 0. The van der Waals surface area contributed by atoms with Crippen molar-refractivity contribution >= 4 is 5.91 Å². The van der Waals surface area contributed by atoms with Crippen molar-refractivity contribution < 1.29 is 9.90 Å². The Morgan fingerprint density at radius 1 is 1.60 bits per heavy atom. The van der Waals surface area contributed by atoms with Gasteiger partial charge in [0.15, 0.2) is 0 Å². The molecule has 0 saturated heterocycles. The zero-order valence-electron chi connectivity index (χ0n) is 9.48. The Hall–Kier alpha value is -0.830. The molecule has 15 heavy (non-hydrogen) atoms. The van der Waals surface area contributed by atoms with Crippen LogP contribution >= 0.6 is 0 Å². The number of hydrogen-bond donors (Lipinski definition) is 1. The molecule has 1 aliphatic carbocycles. The van der Waals surface area contributed by atoms with Gasteiger partial charge in [0.2, 0.25) is 5.91 Å². The molecule has 2 atom stereocenters. The molecular weight excluding hydrogens is 190 g/mol.